The molecule has 1 heteroatoms. The summed E-state index contributed by atoms with van der Waals surface area (Å²) in [6.07, 6.45) is 8.42. The van der Waals surface area contributed by atoms with Gasteiger partial charge in [0.05, 0.1) is 0 Å². The summed E-state index contributed by atoms with van der Waals surface area (Å²) >= 11 is 0. The second kappa shape index (κ2) is 3.41. The molecular weight excluding hydrogens is 158 g/mol. The van der Waals surface area contributed by atoms with Crippen LogP contribution >= 0.6 is 0 Å². The first-order valence-electron chi connectivity index (χ1n) is 5.03. The van der Waals surface area contributed by atoms with Crippen LogP contribution in [0.3, 0.4) is 0 Å². The highest BCUT2D eigenvalue weighted by atomic mass is 14.9. The maximum Gasteiger partial charge on any atom is 0.0177 e. The fourth-order valence-corrected chi connectivity index (χ4v) is 2.12. The minimum Gasteiger partial charge on any atom is -0.354 e. The van der Waals surface area contributed by atoms with Gasteiger partial charge < -0.3 is 4.57 Å². The molecule has 13 heavy (non-hydrogen) atoms. The Balaban J connectivity index is 2.03. The Labute approximate surface area is 80.1 Å². The summed E-state index contributed by atoms with van der Waals surface area (Å²) < 4.78 is 2.22. The first-order chi connectivity index (χ1) is 6.25. The SMILES string of the molecule is CC1=CC(Cc2cccn2C)CC1. The quantitative estimate of drug-likeness (QED) is 0.609. The monoisotopic (exact) mass is 175 g/mol. The average Bonchev–Trinajstić information content (AvgIpc) is 2.64. The van der Waals surface area contributed by atoms with E-state index in [1.807, 2.05) is 0 Å². The molecule has 0 fully saturated rings. The Hall–Kier alpha value is -0.980. The van der Waals surface area contributed by atoms with E-state index in [1.54, 1.807) is 5.57 Å². The molecule has 70 valence electrons. The van der Waals surface area contributed by atoms with E-state index in [0.717, 1.165) is 5.92 Å². The maximum absolute atomic E-state index is 2.44. The first-order valence-corrected chi connectivity index (χ1v) is 5.03. The van der Waals surface area contributed by atoms with Crippen molar-refractivity contribution in [1.29, 1.82) is 0 Å². The van der Waals surface area contributed by atoms with E-state index < -0.39 is 0 Å². The average molecular weight is 175 g/mol. The van der Waals surface area contributed by atoms with Crippen LogP contribution in [0, 0.1) is 5.92 Å². The molecule has 1 aliphatic carbocycles. The third-order valence-electron chi connectivity index (χ3n) is 2.95. The smallest absolute Gasteiger partial charge is 0.0177 e. The number of aromatic nitrogens is 1. The molecule has 1 nitrogen and oxygen atoms in total. The summed E-state index contributed by atoms with van der Waals surface area (Å²) in [6.45, 7) is 2.24. The van der Waals surface area contributed by atoms with Crippen molar-refractivity contribution in [3.05, 3.63) is 35.7 Å². The van der Waals surface area contributed by atoms with Gasteiger partial charge in [-0.05, 0) is 44.2 Å². The van der Waals surface area contributed by atoms with Crippen LogP contribution in [0.4, 0.5) is 0 Å². The molecule has 0 saturated carbocycles. The molecule has 1 heterocycles. The molecule has 0 bridgehead atoms. The van der Waals surface area contributed by atoms with Crippen molar-refractivity contribution in [2.75, 3.05) is 0 Å². The van der Waals surface area contributed by atoms with Gasteiger partial charge in [0.2, 0.25) is 0 Å². The van der Waals surface area contributed by atoms with E-state index in [4.69, 9.17) is 0 Å². The number of allylic oxidation sites excluding steroid dienone is 2. The van der Waals surface area contributed by atoms with Crippen molar-refractivity contribution in [2.24, 2.45) is 13.0 Å². The van der Waals surface area contributed by atoms with Crippen LogP contribution in [0.5, 0.6) is 0 Å². The van der Waals surface area contributed by atoms with E-state index in [2.05, 4.69) is 42.9 Å². The van der Waals surface area contributed by atoms with Crippen LogP contribution in [0.25, 0.3) is 0 Å². The topological polar surface area (TPSA) is 4.93 Å². The van der Waals surface area contributed by atoms with Crippen molar-refractivity contribution >= 4 is 0 Å². The minimum atomic E-state index is 0.786. The molecular formula is C12H17N. The molecule has 0 aromatic carbocycles. The molecule has 1 aromatic rings. The van der Waals surface area contributed by atoms with Crippen molar-refractivity contribution in [2.45, 2.75) is 26.2 Å². The van der Waals surface area contributed by atoms with Gasteiger partial charge in [-0.15, -0.1) is 0 Å². The summed E-state index contributed by atoms with van der Waals surface area (Å²) in [4.78, 5) is 0. The van der Waals surface area contributed by atoms with Crippen LogP contribution in [0.15, 0.2) is 30.0 Å². The maximum atomic E-state index is 2.44. The van der Waals surface area contributed by atoms with E-state index in [1.165, 1.54) is 25.0 Å². The lowest BCUT2D eigenvalue weighted by Gasteiger charge is -2.07. The molecule has 0 radical (unpaired) electrons. The molecule has 1 unspecified atom stereocenters. The summed E-state index contributed by atoms with van der Waals surface area (Å²) in [5.41, 5.74) is 3.02. The number of nitrogens with zero attached hydrogens (tertiary/aromatic N) is 1. The van der Waals surface area contributed by atoms with Gasteiger partial charge in [-0.25, -0.2) is 0 Å². The Morgan fingerprint density at radius 1 is 1.54 bits per heavy atom. The van der Waals surface area contributed by atoms with Crippen molar-refractivity contribution in [3.63, 3.8) is 0 Å². The fraction of sp³-hybridized carbons (Fsp3) is 0.500. The summed E-state index contributed by atoms with van der Waals surface area (Å²) in [5.74, 6) is 0.786. The Morgan fingerprint density at radius 3 is 2.92 bits per heavy atom. The summed E-state index contributed by atoms with van der Waals surface area (Å²) in [7, 11) is 2.13. The van der Waals surface area contributed by atoms with Gasteiger partial charge >= 0.3 is 0 Å². The predicted molar refractivity (Wildman–Crippen MR) is 55.6 cm³/mol. The summed E-state index contributed by atoms with van der Waals surface area (Å²) in [5, 5.41) is 0. The lowest BCUT2D eigenvalue weighted by Crippen LogP contribution is -2.02. The lowest BCUT2D eigenvalue weighted by atomic mass is 10.0. The van der Waals surface area contributed by atoms with Gasteiger partial charge in [0, 0.05) is 18.9 Å². The molecule has 1 atom stereocenters. The number of hydrogen-bond acceptors (Lipinski definition) is 0. The van der Waals surface area contributed by atoms with Crippen LogP contribution in [-0.4, -0.2) is 4.57 Å². The van der Waals surface area contributed by atoms with Gasteiger partial charge in [0.15, 0.2) is 0 Å². The summed E-state index contributed by atoms with van der Waals surface area (Å²) in [6, 6.07) is 4.35. The highest BCUT2D eigenvalue weighted by molar-refractivity contribution is 5.14. The Kier molecular flexibility index (Phi) is 2.26. The van der Waals surface area contributed by atoms with Crippen molar-refractivity contribution < 1.29 is 0 Å². The molecule has 0 amide bonds. The highest BCUT2D eigenvalue weighted by Gasteiger charge is 2.14. The highest BCUT2D eigenvalue weighted by Crippen LogP contribution is 2.26. The van der Waals surface area contributed by atoms with Gasteiger partial charge in [-0.1, -0.05) is 11.6 Å². The standard InChI is InChI=1S/C12H17N/c1-10-5-6-11(8-10)9-12-4-3-7-13(12)2/h3-4,7-8,11H,5-6,9H2,1-2H3. The zero-order valence-corrected chi connectivity index (χ0v) is 8.46. The molecule has 1 aromatic heterocycles. The zero-order valence-electron chi connectivity index (χ0n) is 8.46. The second-order valence-electron chi connectivity index (χ2n) is 4.13. The zero-order chi connectivity index (χ0) is 9.26. The first kappa shape index (κ1) is 8.61. The van der Waals surface area contributed by atoms with E-state index in [-0.39, 0.29) is 0 Å². The van der Waals surface area contributed by atoms with Gasteiger partial charge in [0.1, 0.15) is 0 Å². The molecule has 2 rings (SSSR count). The van der Waals surface area contributed by atoms with Crippen LogP contribution in [0.1, 0.15) is 25.5 Å². The van der Waals surface area contributed by atoms with E-state index in [9.17, 15) is 0 Å². The third kappa shape index (κ3) is 1.85. The molecule has 0 aliphatic heterocycles. The molecule has 0 saturated heterocycles. The van der Waals surface area contributed by atoms with Gasteiger partial charge in [0.25, 0.3) is 0 Å². The van der Waals surface area contributed by atoms with Crippen LogP contribution < -0.4 is 0 Å². The molecule has 1 aliphatic rings. The van der Waals surface area contributed by atoms with Gasteiger partial charge in [-0.2, -0.15) is 0 Å². The van der Waals surface area contributed by atoms with Crippen LogP contribution in [-0.2, 0) is 13.5 Å². The molecule has 0 N–H and O–H groups in total. The van der Waals surface area contributed by atoms with Crippen molar-refractivity contribution in [3.8, 4) is 0 Å². The third-order valence-corrected chi connectivity index (χ3v) is 2.95. The molecule has 0 spiro atoms. The normalized spacial score (nSPS) is 22.0. The number of hydrogen-bond donors (Lipinski definition) is 0. The largest absolute Gasteiger partial charge is 0.354 e. The van der Waals surface area contributed by atoms with E-state index in [0.29, 0.717) is 0 Å². The van der Waals surface area contributed by atoms with Crippen LogP contribution in [0.2, 0.25) is 0 Å². The Bertz CT molecular complexity index is 320. The minimum absolute atomic E-state index is 0.786. The lowest BCUT2D eigenvalue weighted by molar-refractivity contribution is 0.604. The number of aryl methyl sites for hydroxylation is 1. The van der Waals surface area contributed by atoms with Gasteiger partial charge in [-0.3, -0.25) is 0 Å². The second-order valence-corrected chi connectivity index (χ2v) is 4.13. The van der Waals surface area contributed by atoms with Crippen molar-refractivity contribution in [1.82, 2.24) is 4.57 Å². The Morgan fingerprint density at radius 2 is 2.38 bits per heavy atom. The predicted octanol–water partition coefficient (Wildman–Crippen LogP) is 2.92. The van der Waals surface area contributed by atoms with E-state index >= 15 is 0 Å². The fourth-order valence-electron chi connectivity index (χ4n) is 2.12. The number of rotatable bonds is 2.